The van der Waals surface area contributed by atoms with Crippen molar-refractivity contribution in [3.8, 4) is 0 Å². The highest BCUT2D eigenvalue weighted by Crippen LogP contribution is 2.23. The topological polar surface area (TPSA) is 79.2 Å². The normalized spacial score (nSPS) is 13.5. The standard InChI is InChI=1S/C15H19ClN4O2/c1-10-12(16)5-4-6-13(10)19-14(21)17-9-15(2,22)11-7-18-20(3)8-11/h4-8,22H,9H2,1-3H3,(H2,17,19,21). The van der Waals surface area contributed by atoms with E-state index in [9.17, 15) is 9.90 Å². The first kappa shape index (κ1) is 16.3. The number of aromatic nitrogens is 2. The molecule has 0 fully saturated rings. The molecule has 0 aliphatic heterocycles. The Balaban J connectivity index is 1.96. The summed E-state index contributed by atoms with van der Waals surface area (Å²) < 4.78 is 1.60. The summed E-state index contributed by atoms with van der Waals surface area (Å²) in [7, 11) is 1.77. The highest BCUT2D eigenvalue weighted by Gasteiger charge is 2.25. The average Bonchev–Trinajstić information content (AvgIpc) is 2.89. The van der Waals surface area contributed by atoms with E-state index >= 15 is 0 Å². The quantitative estimate of drug-likeness (QED) is 0.808. The predicted octanol–water partition coefficient (Wildman–Crippen LogP) is 2.41. The molecule has 0 saturated heterocycles. The first-order valence-electron chi connectivity index (χ1n) is 6.81. The van der Waals surface area contributed by atoms with Crippen molar-refractivity contribution in [2.24, 2.45) is 7.05 Å². The second-order valence-electron chi connectivity index (χ2n) is 5.40. The van der Waals surface area contributed by atoms with Crippen molar-refractivity contribution in [1.29, 1.82) is 0 Å². The molecule has 1 aromatic heterocycles. The molecule has 2 aromatic rings. The van der Waals surface area contributed by atoms with Gasteiger partial charge in [0.15, 0.2) is 0 Å². The lowest BCUT2D eigenvalue weighted by atomic mass is 10.00. The van der Waals surface area contributed by atoms with E-state index < -0.39 is 11.6 Å². The van der Waals surface area contributed by atoms with Crippen LogP contribution in [-0.4, -0.2) is 27.5 Å². The van der Waals surface area contributed by atoms with E-state index in [1.165, 1.54) is 0 Å². The molecule has 22 heavy (non-hydrogen) atoms. The number of hydrogen-bond acceptors (Lipinski definition) is 3. The van der Waals surface area contributed by atoms with Gasteiger partial charge < -0.3 is 15.7 Å². The van der Waals surface area contributed by atoms with Gasteiger partial charge in [0.1, 0.15) is 5.60 Å². The van der Waals surface area contributed by atoms with Crippen molar-refractivity contribution in [2.75, 3.05) is 11.9 Å². The maximum Gasteiger partial charge on any atom is 0.319 e. The summed E-state index contributed by atoms with van der Waals surface area (Å²) in [5.41, 5.74) is 0.855. The van der Waals surface area contributed by atoms with Gasteiger partial charge in [0.05, 0.1) is 12.7 Å². The molecule has 1 atom stereocenters. The van der Waals surface area contributed by atoms with Crippen molar-refractivity contribution in [2.45, 2.75) is 19.4 Å². The number of hydrogen-bond donors (Lipinski definition) is 3. The van der Waals surface area contributed by atoms with E-state index in [1.54, 1.807) is 49.2 Å². The first-order chi connectivity index (χ1) is 10.3. The number of carbonyl (C=O) groups is 1. The number of halogens is 1. The maximum atomic E-state index is 12.0. The smallest absolute Gasteiger partial charge is 0.319 e. The Labute approximate surface area is 134 Å². The Morgan fingerprint density at radius 3 is 2.86 bits per heavy atom. The van der Waals surface area contributed by atoms with Crippen molar-refractivity contribution < 1.29 is 9.90 Å². The Kier molecular flexibility index (Phi) is 4.73. The number of aliphatic hydroxyl groups is 1. The average molecular weight is 323 g/mol. The predicted molar refractivity (Wildman–Crippen MR) is 86.0 cm³/mol. The van der Waals surface area contributed by atoms with E-state index in [0.717, 1.165) is 5.56 Å². The second kappa shape index (κ2) is 6.37. The van der Waals surface area contributed by atoms with E-state index in [0.29, 0.717) is 16.3 Å². The van der Waals surface area contributed by atoms with Crippen LogP contribution in [0.2, 0.25) is 5.02 Å². The lowest BCUT2D eigenvalue weighted by molar-refractivity contribution is 0.0599. The van der Waals surface area contributed by atoms with Crippen LogP contribution in [0.1, 0.15) is 18.1 Å². The summed E-state index contributed by atoms with van der Waals surface area (Å²) in [6.45, 7) is 3.50. The largest absolute Gasteiger partial charge is 0.383 e. The molecule has 1 aromatic carbocycles. The minimum absolute atomic E-state index is 0.0597. The van der Waals surface area contributed by atoms with Crippen LogP contribution in [0.4, 0.5) is 10.5 Å². The lowest BCUT2D eigenvalue weighted by Crippen LogP contribution is -2.40. The molecule has 0 bridgehead atoms. The zero-order valence-electron chi connectivity index (χ0n) is 12.7. The zero-order chi connectivity index (χ0) is 16.3. The fourth-order valence-corrected chi connectivity index (χ4v) is 2.14. The summed E-state index contributed by atoms with van der Waals surface area (Å²) >= 11 is 6.01. The zero-order valence-corrected chi connectivity index (χ0v) is 13.5. The number of amides is 2. The Morgan fingerprint density at radius 1 is 1.50 bits per heavy atom. The van der Waals surface area contributed by atoms with Gasteiger partial charge in [-0.25, -0.2) is 4.79 Å². The minimum Gasteiger partial charge on any atom is -0.383 e. The molecule has 0 aliphatic rings. The van der Waals surface area contributed by atoms with Gasteiger partial charge in [0, 0.05) is 29.5 Å². The van der Waals surface area contributed by atoms with Crippen LogP contribution in [0.3, 0.4) is 0 Å². The third-order valence-electron chi connectivity index (χ3n) is 3.44. The number of urea groups is 1. The lowest BCUT2D eigenvalue weighted by Gasteiger charge is -2.22. The number of benzene rings is 1. The van der Waals surface area contributed by atoms with Crippen LogP contribution >= 0.6 is 11.6 Å². The Morgan fingerprint density at radius 2 is 2.23 bits per heavy atom. The molecular formula is C15H19ClN4O2. The van der Waals surface area contributed by atoms with E-state index in [-0.39, 0.29) is 6.54 Å². The van der Waals surface area contributed by atoms with Crippen LogP contribution in [0.5, 0.6) is 0 Å². The van der Waals surface area contributed by atoms with Gasteiger partial charge in [-0.3, -0.25) is 4.68 Å². The van der Waals surface area contributed by atoms with Crippen LogP contribution in [0.15, 0.2) is 30.6 Å². The number of anilines is 1. The first-order valence-corrected chi connectivity index (χ1v) is 7.19. The molecule has 7 heteroatoms. The van der Waals surface area contributed by atoms with E-state index in [2.05, 4.69) is 15.7 Å². The molecule has 6 nitrogen and oxygen atoms in total. The van der Waals surface area contributed by atoms with E-state index in [1.807, 2.05) is 6.92 Å². The minimum atomic E-state index is -1.20. The Bertz CT molecular complexity index is 682. The van der Waals surface area contributed by atoms with Crippen molar-refractivity contribution >= 4 is 23.3 Å². The number of aryl methyl sites for hydroxylation is 1. The summed E-state index contributed by atoms with van der Waals surface area (Å²) in [6.07, 6.45) is 3.28. The highest BCUT2D eigenvalue weighted by atomic mass is 35.5. The van der Waals surface area contributed by atoms with Crippen molar-refractivity contribution in [3.05, 3.63) is 46.7 Å². The molecule has 0 radical (unpaired) electrons. The molecule has 1 unspecified atom stereocenters. The summed E-state index contributed by atoms with van der Waals surface area (Å²) in [6, 6.07) is 4.87. The number of nitrogens with one attached hydrogen (secondary N) is 2. The van der Waals surface area contributed by atoms with Crippen molar-refractivity contribution in [1.82, 2.24) is 15.1 Å². The molecular weight excluding hydrogens is 304 g/mol. The maximum absolute atomic E-state index is 12.0. The van der Waals surface area contributed by atoms with Crippen LogP contribution in [0, 0.1) is 6.92 Å². The van der Waals surface area contributed by atoms with Crippen LogP contribution in [0.25, 0.3) is 0 Å². The number of rotatable bonds is 4. The van der Waals surface area contributed by atoms with Gasteiger partial charge >= 0.3 is 6.03 Å². The summed E-state index contributed by atoms with van der Waals surface area (Å²) in [5, 5.41) is 20.4. The van der Waals surface area contributed by atoms with Gasteiger partial charge in [0.2, 0.25) is 0 Å². The van der Waals surface area contributed by atoms with Gasteiger partial charge in [0.25, 0.3) is 0 Å². The van der Waals surface area contributed by atoms with Crippen LogP contribution < -0.4 is 10.6 Å². The van der Waals surface area contributed by atoms with E-state index in [4.69, 9.17) is 11.6 Å². The molecule has 0 spiro atoms. The van der Waals surface area contributed by atoms with Gasteiger partial charge in [-0.05, 0) is 31.5 Å². The fraction of sp³-hybridized carbons (Fsp3) is 0.333. The monoisotopic (exact) mass is 322 g/mol. The molecule has 0 aliphatic carbocycles. The molecule has 3 N–H and O–H groups in total. The van der Waals surface area contributed by atoms with Gasteiger partial charge in [-0.1, -0.05) is 17.7 Å². The van der Waals surface area contributed by atoms with Gasteiger partial charge in [-0.15, -0.1) is 0 Å². The van der Waals surface area contributed by atoms with Crippen molar-refractivity contribution in [3.63, 3.8) is 0 Å². The molecule has 1 heterocycles. The third-order valence-corrected chi connectivity index (χ3v) is 3.85. The molecule has 118 valence electrons. The molecule has 2 rings (SSSR count). The molecule has 0 saturated carbocycles. The van der Waals surface area contributed by atoms with Gasteiger partial charge in [-0.2, -0.15) is 5.10 Å². The third kappa shape index (κ3) is 3.78. The Hall–Kier alpha value is -2.05. The highest BCUT2D eigenvalue weighted by molar-refractivity contribution is 6.31. The second-order valence-corrected chi connectivity index (χ2v) is 5.80. The van der Waals surface area contributed by atoms with Crippen LogP contribution in [-0.2, 0) is 12.6 Å². The number of nitrogens with zero attached hydrogens (tertiary/aromatic N) is 2. The SMILES string of the molecule is Cc1c(Cl)cccc1NC(=O)NCC(C)(O)c1cnn(C)c1. The summed E-state index contributed by atoms with van der Waals surface area (Å²) in [5.74, 6) is 0. The molecule has 2 amide bonds. The fourth-order valence-electron chi connectivity index (χ4n) is 1.96. The summed E-state index contributed by atoms with van der Waals surface area (Å²) in [4.78, 5) is 12.0. The number of carbonyl (C=O) groups excluding carboxylic acids is 1.